The van der Waals surface area contributed by atoms with Crippen molar-refractivity contribution < 1.29 is 8.78 Å². The third-order valence-electron chi connectivity index (χ3n) is 6.41. The van der Waals surface area contributed by atoms with Crippen molar-refractivity contribution in [2.45, 2.75) is 78.1 Å². The molecule has 0 aliphatic heterocycles. The molecule has 2 aliphatic rings. The van der Waals surface area contributed by atoms with Crippen molar-refractivity contribution in [3.05, 3.63) is 41.0 Å². The molecule has 1 unspecified atom stereocenters. The first kappa shape index (κ1) is 18.6. The van der Waals surface area contributed by atoms with E-state index in [9.17, 15) is 8.78 Å². The second-order valence-electron chi connectivity index (χ2n) is 9.32. The van der Waals surface area contributed by atoms with Crippen LogP contribution in [0.25, 0.3) is 5.57 Å². The number of hydrogen-bond donors (Lipinski definition) is 0. The van der Waals surface area contributed by atoms with Gasteiger partial charge in [-0.1, -0.05) is 58.7 Å². The van der Waals surface area contributed by atoms with Crippen molar-refractivity contribution in [1.82, 2.24) is 0 Å². The Morgan fingerprint density at radius 3 is 2.12 bits per heavy atom. The van der Waals surface area contributed by atoms with Gasteiger partial charge in [0.05, 0.1) is 0 Å². The van der Waals surface area contributed by atoms with Gasteiger partial charge in [-0.3, -0.25) is 0 Å². The first-order valence-electron chi connectivity index (χ1n) is 9.95. The zero-order chi connectivity index (χ0) is 18.2. The van der Waals surface area contributed by atoms with Crippen LogP contribution in [0.15, 0.2) is 18.2 Å². The lowest BCUT2D eigenvalue weighted by Crippen LogP contribution is -2.22. The molecule has 0 nitrogen and oxygen atoms in total. The van der Waals surface area contributed by atoms with E-state index in [0.717, 1.165) is 42.6 Å². The Morgan fingerprint density at radius 1 is 0.880 bits per heavy atom. The van der Waals surface area contributed by atoms with E-state index in [1.807, 2.05) is 20.8 Å². The molecule has 3 rings (SSSR count). The molecule has 0 spiro atoms. The molecule has 1 atom stereocenters. The second-order valence-corrected chi connectivity index (χ2v) is 9.32. The monoisotopic (exact) mass is 346 g/mol. The Kier molecular flexibility index (Phi) is 5.37. The van der Waals surface area contributed by atoms with Gasteiger partial charge < -0.3 is 0 Å². The van der Waals surface area contributed by atoms with Crippen LogP contribution in [-0.2, 0) is 5.41 Å². The summed E-state index contributed by atoms with van der Waals surface area (Å²) in [5, 5.41) is 0. The third kappa shape index (κ3) is 3.99. The van der Waals surface area contributed by atoms with Crippen LogP contribution in [0.4, 0.5) is 8.78 Å². The lowest BCUT2D eigenvalue weighted by atomic mass is 9.71. The Morgan fingerprint density at radius 2 is 1.56 bits per heavy atom. The van der Waals surface area contributed by atoms with E-state index in [1.165, 1.54) is 25.7 Å². The minimum Gasteiger partial charge on any atom is -0.203 e. The molecule has 0 heterocycles. The van der Waals surface area contributed by atoms with E-state index >= 15 is 0 Å². The van der Waals surface area contributed by atoms with Gasteiger partial charge in [-0.05, 0) is 66.4 Å². The molecule has 0 saturated heterocycles. The third-order valence-corrected chi connectivity index (χ3v) is 6.41. The molecule has 138 valence electrons. The van der Waals surface area contributed by atoms with Crippen molar-refractivity contribution in [2.75, 3.05) is 0 Å². The first-order chi connectivity index (χ1) is 11.8. The first-order valence-corrected chi connectivity index (χ1v) is 9.95. The molecule has 0 amide bonds. The lowest BCUT2D eigenvalue weighted by molar-refractivity contribution is 0.202. The van der Waals surface area contributed by atoms with Crippen LogP contribution >= 0.6 is 0 Å². The normalized spacial score (nSPS) is 27.9. The van der Waals surface area contributed by atoms with Gasteiger partial charge in [0.25, 0.3) is 0 Å². The largest absolute Gasteiger partial charge is 0.203 e. The molecular weight excluding hydrogens is 314 g/mol. The van der Waals surface area contributed by atoms with Crippen LogP contribution in [0.1, 0.15) is 83.8 Å². The average Bonchev–Trinajstić information content (AvgIpc) is 2.57. The number of hydrogen-bond acceptors (Lipinski definition) is 0. The smallest absolute Gasteiger partial charge is 0.166 e. The molecule has 25 heavy (non-hydrogen) atoms. The van der Waals surface area contributed by atoms with Crippen molar-refractivity contribution in [2.24, 2.45) is 17.8 Å². The maximum absolute atomic E-state index is 14.7. The topological polar surface area (TPSA) is 0 Å². The van der Waals surface area contributed by atoms with Gasteiger partial charge in [-0.2, -0.15) is 0 Å². The van der Waals surface area contributed by atoms with E-state index in [4.69, 9.17) is 0 Å². The highest BCUT2D eigenvalue weighted by atomic mass is 19.2. The summed E-state index contributed by atoms with van der Waals surface area (Å²) in [6.45, 7) is 8.10. The summed E-state index contributed by atoms with van der Waals surface area (Å²) in [6, 6.07) is 3.55. The summed E-state index contributed by atoms with van der Waals surface area (Å²) < 4.78 is 29.2. The summed E-state index contributed by atoms with van der Waals surface area (Å²) in [7, 11) is 0. The fourth-order valence-corrected chi connectivity index (χ4v) is 4.66. The van der Waals surface area contributed by atoms with Crippen molar-refractivity contribution in [3.63, 3.8) is 0 Å². The molecule has 0 N–H and O–H groups in total. The van der Waals surface area contributed by atoms with Gasteiger partial charge in [0.15, 0.2) is 11.6 Å². The molecule has 1 aromatic carbocycles. The molecule has 1 fully saturated rings. The predicted molar refractivity (Wildman–Crippen MR) is 101 cm³/mol. The Labute approximate surface area is 151 Å². The Balaban J connectivity index is 1.75. The Bertz CT molecular complexity index is 643. The average molecular weight is 347 g/mol. The molecule has 1 saturated carbocycles. The van der Waals surface area contributed by atoms with E-state index in [-0.39, 0.29) is 5.41 Å². The van der Waals surface area contributed by atoms with Crippen LogP contribution < -0.4 is 0 Å². The summed E-state index contributed by atoms with van der Waals surface area (Å²) in [5.41, 5.74) is 1.55. The second kappa shape index (κ2) is 7.21. The fraction of sp³-hybridized carbons (Fsp3) is 0.652. The highest BCUT2D eigenvalue weighted by Gasteiger charge is 2.29. The van der Waals surface area contributed by atoms with Crippen molar-refractivity contribution >= 4 is 5.57 Å². The van der Waals surface area contributed by atoms with Gasteiger partial charge >= 0.3 is 0 Å². The minimum atomic E-state index is -0.672. The zero-order valence-corrected chi connectivity index (χ0v) is 16.2. The van der Waals surface area contributed by atoms with Crippen LogP contribution in [0.5, 0.6) is 0 Å². The van der Waals surface area contributed by atoms with Crippen molar-refractivity contribution in [3.8, 4) is 0 Å². The van der Waals surface area contributed by atoms with Crippen LogP contribution in [-0.4, -0.2) is 0 Å². The molecular formula is C23H32F2. The number of allylic oxidation sites excluding steroid dienone is 2. The van der Waals surface area contributed by atoms with E-state index in [2.05, 4.69) is 13.0 Å². The molecule has 1 aromatic rings. The van der Waals surface area contributed by atoms with E-state index < -0.39 is 11.6 Å². The highest BCUT2D eigenvalue weighted by Crippen LogP contribution is 2.42. The maximum atomic E-state index is 14.7. The molecule has 2 heteroatoms. The summed E-state index contributed by atoms with van der Waals surface area (Å²) in [6.07, 6.45) is 10.6. The van der Waals surface area contributed by atoms with Crippen LogP contribution in [0, 0.1) is 29.4 Å². The number of rotatable bonds is 2. The molecule has 0 aromatic heterocycles. The van der Waals surface area contributed by atoms with Crippen LogP contribution in [0.2, 0.25) is 0 Å². The Hall–Kier alpha value is -1.18. The van der Waals surface area contributed by atoms with Gasteiger partial charge in [0.2, 0.25) is 0 Å². The van der Waals surface area contributed by atoms with Crippen LogP contribution in [0.3, 0.4) is 0 Å². The number of benzene rings is 1. The standard InChI is InChI=1S/C23H32F2/c1-15-5-7-16(8-6-15)17-9-11-18(12-10-17)19-13-14-20(23(2,3)4)22(25)21(19)24/h11,13-17H,5-10,12H2,1-4H3. The van der Waals surface area contributed by atoms with Gasteiger partial charge in [0, 0.05) is 5.56 Å². The summed E-state index contributed by atoms with van der Waals surface area (Å²) in [5.74, 6) is 1.11. The van der Waals surface area contributed by atoms with Gasteiger partial charge in [0.1, 0.15) is 0 Å². The van der Waals surface area contributed by atoms with Gasteiger partial charge in [-0.25, -0.2) is 8.78 Å². The highest BCUT2D eigenvalue weighted by molar-refractivity contribution is 5.67. The fourth-order valence-electron chi connectivity index (χ4n) is 4.66. The quantitative estimate of drug-likeness (QED) is 0.528. The molecule has 0 bridgehead atoms. The minimum absolute atomic E-state index is 0.381. The summed E-state index contributed by atoms with van der Waals surface area (Å²) in [4.78, 5) is 0. The van der Waals surface area contributed by atoms with Gasteiger partial charge in [-0.15, -0.1) is 0 Å². The molecule has 0 radical (unpaired) electrons. The summed E-state index contributed by atoms with van der Waals surface area (Å²) >= 11 is 0. The zero-order valence-electron chi connectivity index (χ0n) is 16.2. The van der Waals surface area contributed by atoms with E-state index in [0.29, 0.717) is 11.1 Å². The predicted octanol–water partition coefficient (Wildman–Crippen LogP) is 7.27. The lowest BCUT2D eigenvalue weighted by Gasteiger charge is -2.34. The maximum Gasteiger partial charge on any atom is 0.166 e. The molecule has 2 aliphatic carbocycles. The SMILES string of the molecule is CC1CCC(C2CC=C(c3ccc(C(C)(C)C)c(F)c3F)CC2)CC1. The van der Waals surface area contributed by atoms with E-state index in [1.54, 1.807) is 12.1 Å². The number of halogens is 2. The van der Waals surface area contributed by atoms with Crippen molar-refractivity contribution in [1.29, 1.82) is 0 Å².